The highest BCUT2D eigenvalue weighted by Crippen LogP contribution is 2.41. The molecule has 7 heteroatoms. The molecule has 1 fully saturated rings. The van der Waals surface area contributed by atoms with Crippen LogP contribution < -0.4 is 9.47 Å². The second-order valence-corrected chi connectivity index (χ2v) is 8.18. The predicted octanol–water partition coefficient (Wildman–Crippen LogP) is 4.05. The minimum Gasteiger partial charge on any atom is -0.480 e. The molecular formula is C21H20N2O4S. The van der Waals surface area contributed by atoms with Crippen molar-refractivity contribution in [2.75, 3.05) is 13.3 Å². The lowest BCUT2D eigenvalue weighted by molar-refractivity contribution is -0.145. The van der Waals surface area contributed by atoms with Crippen LogP contribution in [0.25, 0.3) is 10.2 Å². The number of hydrogen-bond acceptors (Lipinski definition) is 6. The minimum atomic E-state index is -0.772. The van der Waals surface area contributed by atoms with Gasteiger partial charge in [0.1, 0.15) is 11.0 Å². The first-order valence-corrected chi connectivity index (χ1v) is 10.3. The van der Waals surface area contributed by atoms with Crippen molar-refractivity contribution in [2.24, 2.45) is 0 Å². The Kier molecular flexibility index (Phi) is 4.41. The third-order valence-corrected chi connectivity index (χ3v) is 6.51. The Morgan fingerprint density at radius 3 is 2.89 bits per heavy atom. The van der Waals surface area contributed by atoms with Gasteiger partial charge in [0.15, 0.2) is 11.5 Å². The normalized spacial score (nSPS) is 20.4. The molecule has 0 radical (unpaired) electrons. The Morgan fingerprint density at radius 1 is 1.18 bits per heavy atom. The lowest BCUT2D eigenvalue weighted by Crippen LogP contribution is -2.46. The fraction of sp³-hybridized carbons (Fsp3) is 0.333. The summed E-state index contributed by atoms with van der Waals surface area (Å²) in [4.78, 5) is 18.9. The van der Waals surface area contributed by atoms with Gasteiger partial charge in [-0.2, -0.15) is 0 Å². The maximum absolute atomic E-state index is 12.0. The summed E-state index contributed by atoms with van der Waals surface area (Å²) in [5, 5.41) is 10.8. The molecule has 0 saturated carbocycles. The van der Waals surface area contributed by atoms with Gasteiger partial charge in [-0.05, 0) is 42.7 Å². The summed E-state index contributed by atoms with van der Waals surface area (Å²) in [5.41, 5.74) is 1.92. The van der Waals surface area contributed by atoms with Gasteiger partial charge in [0.25, 0.3) is 0 Å². The van der Waals surface area contributed by atoms with Crippen LogP contribution in [0.3, 0.4) is 0 Å². The number of carbonyl (C=O) groups is 1. The molecule has 2 aliphatic heterocycles. The van der Waals surface area contributed by atoms with E-state index in [0.29, 0.717) is 12.2 Å². The molecule has 1 N–H and O–H groups in total. The molecule has 0 aliphatic carbocycles. The number of fused-ring (bicyclic) bond motifs is 2. The van der Waals surface area contributed by atoms with Crippen LogP contribution in [-0.2, 0) is 4.79 Å². The van der Waals surface area contributed by atoms with E-state index in [1.54, 1.807) is 11.3 Å². The summed E-state index contributed by atoms with van der Waals surface area (Å²) in [6.45, 7) is 0.943. The van der Waals surface area contributed by atoms with Crippen LogP contribution in [0.1, 0.15) is 35.9 Å². The van der Waals surface area contributed by atoms with Crippen LogP contribution in [0.2, 0.25) is 0 Å². The molecule has 2 aliphatic rings. The average molecular weight is 396 g/mol. The van der Waals surface area contributed by atoms with Crippen LogP contribution in [0.15, 0.2) is 42.5 Å². The number of ether oxygens (including phenoxy) is 2. The standard InChI is InChI=1S/C21H20N2O4S/c24-21(25)15-6-3-4-10-23(15)19(13-8-9-16-17(11-13)27-12-26-16)20-22-14-5-1-2-7-18(14)28-20/h1-2,5,7-9,11,15,19H,3-4,6,10,12H2,(H,24,25). The maximum atomic E-state index is 12.0. The van der Waals surface area contributed by atoms with Gasteiger partial charge in [0.05, 0.1) is 16.3 Å². The molecule has 0 spiro atoms. The van der Waals surface area contributed by atoms with Gasteiger partial charge in [-0.1, -0.05) is 24.6 Å². The van der Waals surface area contributed by atoms with Crippen molar-refractivity contribution < 1.29 is 19.4 Å². The fourth-order valence-corrected chi connectivity index (χ4v) is 5.21. The van der Waals surface area contributed by atoms with Crippen LogP contribution in [0, 0.1) is 0 Å². The Hall–Kier alpha value is -2.64. The Labute approximate surface area is 166 Å². The fourth-order valence-electron chi connectivity index (χ4n) is 4.09. The van der Waals surface area contributed by atoms with E-state index in [0.717, 1.165) is 45.9 Å². The van der Waals surface area contributed by atoms with Gasteiger partial charge < -0.3 is 14.6 Å². The van der Waals surface area contributed by atoms with E-state index in [1.165, 1.54) is 0 Å². The van der Waals surface area contributed by atoms with E-state index in [4.69, 9.17) is 14.5 Å². The molecule has 5 rings (SSSR count). The number of rotatable bonds is 4. The number of hydrogen-bond donors (Lipinski definition) is 1. The Balaban J connectivity index is 1.64. The maximum Gasteiger partial charge on any atom is 0.320 e. The molecule has 0 bridgehead atoms. The summed E-state index contributed by atoms with van der Waals surface area (Å²) in [6, 6.07) is 13.1. The van der Waals surface area contributed by atoms with Gasteiger partial charge >= 0.3 is 5.97 Å². The highest BCUT2D eigenvalue weighted by Gasteiger charge is 2.37. The number of para-hydroxylation sites is 1. The number of benzene rings is 2. The van der Waals surface area contributed by atoms with E-state index in [9.17, 15) is 9.90 Å². The zero-order valence-corrected chi connectivity index (χ0v) is 16.0. The van der Waals surface area contributed by atoms with Gasteiger partial charge in [0, 0.05) is 6.54 Å². The molecule has 3 heterocycles. The summed E-state index contributed by atoms with van der Waals surface area (Å²) in [6.07, 6.45) is 2.57. The second kappa shape index (κ2) is 7.07. The average Bonchev–Trinajstić information content (AvgIpc) is 3.34. The highest BCUT2D eigenvalue weighted by molar-refractivity contribution is 7.18. The molecule has 1 saturated heterocycles. The first kappa shape index (κ1) is 17.5. The summed E-state index contributed by atoms with van der Waals surface area (Å²) >= 11 is 1.62. The van der Waals surface area contributed by atoms with Crippen molar-refractivity contribution in [3.05, 3.63) is 53.0 Å². The monoisotopic (exact) mass is 396 g/mol. The molecule has 6 nitrogen and oxygen atoms in total. The number of carboxylic acid groups (broad SMARTS) is 1. The molecule has 0 amide bonds. The van der Waals surface area contributed by atoms with Gasteiger partial charge in [0.2, 0.25) is 6.79 Å². The number of thiazole rings is 1. The quantitative estimate of drug-likeness (QED) is 0.717. The van der Waals surface area contributed by atoms with Gasteiger partial charge in [-0.3, -0.25) is 9.69 Å². The van der Waals surface area contributed by atoms with Crippen molar-refractivity contribution in [3.63, 3.8) is 0 Å². The molecule has 2 unspecified atom stereocenters. The van der Waals surface area contributed by atoms with E-state index in [2.05, 4.69) is 11.0 Å². The molecular weight excluding hydrogens is 376 g/mol. The number of aromatic nitrogens is 1. The molecule has 1 aromatic heterocycles. The number of aliphatic carboxylic acids is 1. The second-order valence-electron chi connectivity index (χ2n) is 7.12. The van der Waals surface area contributed by atoms with E-state index >= 15 is 0 Å². The third-order valence-electron chi connectivity index (χ3n) is 5.42. The highest BCUT2D eigenvalue weighted by atomic mass is 32.1. The van der Waals surface area contributed by atoms with Crippen LogP contribution in [0.5, 0.6) is 11.5 Å². The molecule has 2 aromatic carbocycles. The van der Waals surface area contributed by atoms with Crippen molar-refractivity contribution in [1.82, 2.24) is 9.88 Å². The Morgan fingerprint density at radius 2 is 2.04 bits per heavy atom. The first-order chi connectivity index (χ1) is 13.7. The molecule has 28 heavy (non-hydrogen) atoms. The topological polar surface area (TPSA) is 71.9 Å². The number of piperidine rings is 1. The van der Waals surface area contributed by atoms with Gasteiger partial charge in [-0.15, -0.1) is 11.3 Å². The van der Waals surface area contributed by atoms with Crippen LogP contribution >= 0.6 is 11.3 Å². The van der Waals surface area contributed by atoms with Crippen molar-refractivity contribution >= 4 is 27.5 Å². The zero-order valence-electron chi connectivity index (χ0n) is 15.2. The largest absolute Gasteiger partial charge is 0.480 e. The van der Waals surface area contributed by atoms with Crippen molar-refractivity contribution in [3.8, 4) is 11.5 Å². The van der Waals surface area contributed by atoms with E-state index in [-0.39, 0.29) is 12.8 Å². The summed E-state index contributed by atoms with van der Waals surface area (Å²) in [5.74, 6) is 0.652. The zero-order chi connectivity index (χ0) is 19.1. The third kappa shape index (κ3) is 3.00. The SMILES string of the molecule is O=C(O)C1CCCCN1C(c1ccc2c(c1)OCO2)c1nc2ccccc2s1. The first-order valence-electron chi connectivity index (χ1n) is 9.44. The lowest BCUT2D eigenvalue weighted by Gasteiger charge is -2.38. The molecule has 3 aromatic rings. The molecule has 2 atom stereocenters. The van der Waals surface area contributed by atoms with E-state index < -0.39 is 12.0 Å². The molecule has 144 valence electrons. The van der Waals surface area contributed by atoms with Crippen molar-refractivity contribution in [2.45, 2.75) is 31.3 Å². The van der Waals surface area contributed by atoms with Crippen LogP contribution in [-0.4, -0.2) is 40.3 Å². The number of likely N-dealkylation sites (tertiary alicyclic amines) is 1. The Bertz CT molecular complexity index is 1000. The number of nitrogens with zero attached hydrogens (tertiary/aromatic N) is 2. The summed E-state index contributed by atoms with van der Waals surface area (Å²) < 4.78 is 12.1. The minimum absolute atomic E-state index is 0.214. The predicted molar refractivity (Wildman–Crippen MR) is 106 cm³/mol. The summed E-state index contributed by atoms with van der Waals surface area (Å²) in [7, 11) is 0. The lowest BCUT2D eigenvalue weighted by atomic mass is 9.96. The van der Waals surface area contributed by atoms with E-state index in [1.807, 2.05) is 36.4 Å². The smallest absolute Gasteiger partial charge is 0.320 e. The van der Waals surface area contributed by atoms with Gasteiger partial charge in [-0.25, -0.2) is 4.98 Å². The van der Waals surface area contributed by atoms with Crippen molar-refractivity contribution in [1.29, 1.82) is 0 Å². The van der Waals surface area contributed by atoms with Crippen LogP contribution in [0.4, 0.5) is 0 Å². The number of carboxylic acids is 1.